The Morgan fingerprint density at radius 2 is 1.93 bits per heavy atom. The Morgan fingerprint density at radius 1 is 1.15 bits per heavy atom. The molecule has 0 spiro atoms. The highest BCUT2D eigenvalue weighted by Crippen LogP contribution is 2.31. The Kier molecular flexibility index (Phi) is 9.02. The molecule has 4 rings (SSSR count). The quantitative estimate of drug-likeness (QED) is 0.681. The van der Waals surface area contributed by atoms with Crippen LogP contribution in [0.3, 0.4) is 0 Å². The lowest BCUT2D eigenvalue weighted by atomic mass is 10.1. The lowest BCUT2D eigenvalue weighted by Crippen LogP contribution is -2.30. The first-order valence-corrected chi connectivity index (χ1v) is 10.4. The van der Waals surface area contributed by atoms with E-state index in [2.05, 4.69) is 33.3 Å². The second-order valence-electron chi connectivity index (χ2n) is 7.42. The van der Waals surface area contributed by atoms with Gasteiger partial charge in [-0.2, -0.15) is 0 Å². The smallest absolute Gasteiger partial charge is 0.138 e. The number of hydrogen-bond acceptors (Lipinski definition) is 6. The Morgan fingerprint density at radius 3 is 2.63 bits per heavy atom. The summed E-state index contributed by atoms with van der Waals surface area (Å²) < 4.78 is 5.52. The molecule has 0 aromatic carbocycles. The summed E-state index contributed by atoms with van der Waals surface area (Å²) in [4.78, 5) is 13.9. The van der Waals surface area contributed by atoms with Crippen LogP contribution in [0.25, 0.3) is 10.2 Å². The van der Waals surface area contributed by atoms with Crippen LogP contribution < -0.4 is 5.32 Å². The second kappa shape index (κ2) is 10.8. The average molecular weight is 433 g/mol. The summed E-state index contributed by atoms with van der Waals surface area (Å²) in [6.07, 6.45) is 10.8. The molecule has 2 aromatic heterocycles. The van der Waals surface area contributed by atoms with Crippen molar-refractivity contribution < 1.29 is 4.74 Å². The van der Waals surface area contributed by atoms with E-state index < -0.39 is 0 Å². The van der Waals surface area contributed by atoms with Crippen LogP contribution in [0.1, 0.15) is 49.8 Å². The highest BCUT2D eigenvalue weighted by atomic mass is 35.5. The minimum absolute atomic E-state index is 0. The number of fused-ring (bicyclic) bond motifs is 1. The number of aromatic nitrogens is 2. The zero-order chi connectivity index (χ0) is 17.1. The maximum absolute atomic E-state index is 5.52. The van der Waals surface area contributed by atoms with Gasteiger partial charge in [0.15, 0.2) is 0 Å². The lowest BCUT2D eigenvalue weighted by molar-refractivity contribution is 0.157. The molecule has 5 nitrogen and oxygen atoms in total. The molecule has 2 aliphatic rings. The molecule has 1 aliphatic carbocycles. The summed E-state index contributed by atoms with van der Waals surface area (Å²) in [6, 6.07) is 3.38. The molecule has 1 atom stereocenters. The molecule has 152 valence electrons. The van der Waals surface area contributed by atoms with Gasteiger partial charge in [0.25, 0.3) is 0 Å². The van der Waals surface area contributed by atoms with E-state index in [4.69, 9.17) is 4.74 Å². The monoisotopic (exact) mass is 432 g/mol. The standard InChI is InChI=1S/C19H28N4OS.2ClH/c1-23(15-8-9-24-12-15)11-16-10-17-18(20-13-21-19(17)25-16)22-14-6-4-2-3-5-7-14;;/h10,13-15H,2-9,11-12H2,1H3,(H,20,21,22);2*1H. The number of nitrogens with one attached hydrogen (secondary N) is 1. The molecule has 1 saturated carbocycles. The molecule has 1 aliphatic heterocycles. The topological polar surface area (TPSA) is 50.3 Å². The minimum Gasteiger partial charge on any atom is -0.380 e. The minimum atomic E-state index is 0. The third-order valence-electron chi connectivity index (χ3n) is 5.51. The molecule has 0 radical (unpaired) electrons. The first-order valence-electron chi connectivity index (χ1n) is 9.57. The van der Waals surface area contributed by atoms with Crippen LogP contribution in [0, 0.1) is 0 Å². The van der Waals surface area contributed by atoms with Gasteiger partial charge in [0, 0.05) is 30.1 Å². The molecule has 8 heteroatoms. The summed E-state index contributed by atoms with van der Waals surface area (Å²) in [7, 11) is 2.19. The van der Waals surface area contributed by atoms with Crippen molar-refractivity contribution >= 4 is 52.2 Å². The third kappa shape index (κ3) is 5.67. The molecule has 0 bridgehead atoms. The van der Waals surface area contributed by atoms with E-state index in [1.165, 1.54) is 48.8 Å². The molecule has 1 unspecified atom stereocenters. The molecule has 1 N–H and O–H groups in total. The van der Waals surface area contributed by atoms with E-state index in [0.717, 1.165) is 36.8 Å². The van der Waals surface area contributed by atoms with Crippen LogP contribution in [0.15, 0.2) is 12.4 Å². The van der Waals surface area contributed by atoms with Gasteiger partial charge in [0.1, 0.15) is 17.0 Å². The predicted octanol–water partition coefficient (Wildman–Crippen LogP) is 4.89. The van der Waals surface area contributed by atoms with Crippen LogP contribution in [0.5, 0.6) is 0 Å². The summed E-state index contributed by atoms with van der Waals surface area (Å²) in [5, 5.41) is 4.89. The highest BCUT2D eigenvalue weighted by molar-refractivity contribution is 7.18. The highest BCUT2D eigenvalue weighted by Gasteiger charge is 2.21. The van der Waals surface area contributed by atoms with Crippen LogP contribution >= 0.6 is 36.2 Å². The van der Waals surface area contributed by atoms with Crippen LogP contribution in [-0.4, -0.2) is 47.2 Å². The first-order chi connectivity index (χ1) is 12.3. The number of thiophene rings is 1. The third-order valence-corrected chi connectivity index (χ3v) is 6.54. The molecule has 2 fully saturated rings. The largest absolute Gasteiger partial charge is 0.380 e. The van der Waals surface area contributed by atoms with Crippen molar-refractivity contribution in [1.29, 1.82) is 0 Å². The van der Waals surface area contributed by atoms with Crippen molar-refractivity contribution in [1.82, 2.24) is 14.9 Å². The van der Waals surface area contributed by atoms with Crippen LogP contribution in [0.4, 0.5) is 5.82 Å². The molecule has 1 saturated heterocycles. The number of halogens is 2. The predicted molar refractivity (Wildman–Crippen MR) is 118 cm³/mol. The van der Waals surface area contributed by atoms with Crippen molar-refractivity contribution in [3.05, 3.63) is 17.3 Å². The molecule has 3 heterocycles. The van der Waals surface area contributed by atoms with Gasteiger partial charge in [-0.15, -0.1) is 36.2 Å². The van der Waals surface area contributed by atoms with E-state index in [-0.39, 0.29) is 24.8 Å². The van der Waals surface area contributed by atoms with Crippen molar-refractivity contribution in [3.8, 4) is 0 Å². The van der Waals surface area contributed by atoms with E-state index >= 15 is 0 Å². The van der Waals surface area contributed by atoms with Gasteiger partial charge in [-0.3, -0.25) is 4.90 Å². The molecule has 27 heavy (non-hydrogen) atoms. The molecule has 0 amide bonds. The fourth-order valence-electron chi connectivity index (χ4n) is 3.96. The van der Waals surface area contributed by atoms with Gasteiger partial charge in [0.2, 0.25) is 0 Å². The number of hydrogen-bond donors (Lipinski definition) is 1. The molecular weight excluding hydrogens is 403 g/mol. The summed E-state index contributed by atoms with van der Waals surface area (Å²) in [5.41, 5.74) is 0. The Bertz CT molecular complexity index is 700. The number of ether oxygens (including phenoxy) is 1. The van der Waals surface area contributed by atoms with E-state index in [1.54, 1.807) is 17.7 Å². The molecule has 2 aromatic rings. The summed E-state index contributed by atoms with van der Waals surface area (Å²) in [5.74, 6) is 1.02. The van der Waals surface area contributed by atoms with Gasteiger partial charge in [-0.1, -0.05) is 25.7 Å². The van der Waals surface area contributed by atoms with Crippen molar-refractivity contribution in [2.24, 2.45) is 0 Å². The van der Waals surface area contributed by atoms with Gasteiger partial charge >= 0.3 is 0 Å². The second-order valence-corrected chi connectivity index (χ2v) is 8.53. The molecular formula is C19H30Cl2N4OS. The zero-order valence-electron chi connectivity index (χ0n) is 15.9. The Labute approximate surface area is 178 Å². The normalized spacial score (nSPS) is 20.9. The Balaban J connectivity index is 0.00000131. The number of anilines is 1. The lowest BCUT2D eigenvalue weighted by Gasteiger charge is -2.21. The van der Waals surface area contributed by atoms with Gasteiger partial charge in [0.05, 0.1) is 12.0 Å². The first kappa shape index (κ1) is 22.6. The van der Waals surface area contributed by atoms with E-state index in [9.17, 15) is 0 Å². The zero-order valence-corrected chi connectivity index (χ0v) is 18.3. The maximum atomic E-state index is 5.52. The number of likely N-dealkylation sites (N-methyl/N-ethyl adjacent to an activating group) is 1. The van der Waals surface area contributed by atoms with Gasteiger partial charge < -0.3 is 10.1 Å². The van der Waals surface area contributed by atoms with Crippen molar-refractivity contribution in [2.75, 3.05) is 25.6 Å². The number of nitrogens with zero attached hydrogens (tertiary/aromatic N) is 3. The fraction of sp³-hybridized carbons (Fsp3) is 0.684. The number of rotatable bonds is 5. The van der Waals surface area contributed by atoms with Crippen molar-refractivity contribution in [2.45, 2.75) is 63.6 Å². The average Bonchev–Trinajstić information content (AvgIpc) is 3.21. The maximum Gasteiger partial charge on any atom is 0.138 e. The SMILES string of the molecule is CN(Cc1cc2c(NC3CCCCCC3)ncnc2s1)C1CCOC1.Cl.Cl. The summed E-state index contributed by atoms with van der Waals surface area (Å²) in [6.45, 7) is 2.70. The summed E-state index contributed by atoms with van der Waals surface area (Å²) >= 11 is 1.79. The van der Waals surface area contributed by atoms with E-state index in [0.29, 0.717) is 12.1 Å². The van der Waals surface area contributed by atoms with Gasteiger partial charge in [-0.25, -0.2) is 9.97 Å². The van der Waals surface area contributed by atoms with Crippen molar-refractivity contribution in [3.63, 3.8) is 0 Å². The van der Waals surface area contributed by atoms with Crippen LogP contribution in [0.2, 0.25) is 0 Å². The fourth-order valence-corrected chi connectivity index (χ4v) is 5.02. The van der Waals surface area contributed by atoms with E-state index in [1.807, 2.05) is 0 Å². The van der Waals surface area contributed by atoms with Crippen LogP contribution in [-0.2, 0) is 11.3 Å². The Hall–Kier alpha value is -0.660. The van der Waals surface area contributed by atoms with Gasteiger partial charge in [-0.05, 0) is 32.4 Å².